The monoisotopic (exact) mass is 348 g/mol. The van der Waals surface area contributed by atoms with Gasteiger partial charge in [-0.3, -0.25) is 0 Å². The van der Waals surface area contributed by atoms with Gasteiger partial charge in [0.1, 0.15) is 0 Å². The van der Waals surface area contributed by atoms with Gasteiger partial charge in [-0.25, -0.2) is 0 Å². The Morgan fingerprint density at radius 3 is 2.78 bits per heavy atom. The zero-order valence-electron chi connectivity index (χ0n) is 15.9. The molecule has 2 aromatic carbocycles. The van der Waals surface area contributed by atoms with E-state index in [-0.39, 0.29) is 0 Å². The van der Waals surface area contributed by atoms with Gasteiger partial charge in [0.05, 0.1) is 0 Å². The minimum Gasteiger partial charge on any atom is -0.115 e. The molecule has 27 heavy (non-hydrogen) atoms. The normalized spacial score (nSPS) is 14.9. The Balaban J connectivity index is 1.60. The van der Waals surface area contributed by atoms with Crippen LogP contribution < -0.4 is 0 Å². The summed E-state index contributed by atoms with van der Waals surface area (Å²) in [6.07, 6.45) is 18.6. The van der Waals surface area contributed by atoms with Crippen LogP contribution >= 0.6 is 0 Å². The number of benzene rings is 2. The maximum Gasteiger partial charge on any atom is 0.0280 e. The third-order valence-corrected chi connectivity index (χ3v) is 5.48. The summed E-state index contributed by atoms with van der Waals surface area (Å²) in [6, 6.07) is 13.4. The lowest BCUT2D eigenvalue weighted by molar-refractivity contribution is 0.999. The van der Waals surface area contributed by atoms with E-state index >= 15 is 0 Å². The van der Waals surface area contributed by atoms with Crippen molar-refractivity contribution in [2.24, 2.45) is 0 Å². The molecule has 132 valence electrons. The summed E-state index contributed by atoms with van der Waals surface area (Å²) in [5, 5.41) is 0. The molecule has 0 amide bonds. The Morgan fingerprint density at radius 2 is 1.96 bits per heavy atom. The number of fused-ring (bicyclic) bond motifs is 1. The van der Waals surface area contributed by atoms with E-state index in [1.165, 1.54) is 44.5 Å². The van der Waals surface area contributed by atoms with Crippen molar-refractivity contribution >= 4 is 17.2 Å². The van der Waals surface area contributed by atoms with Crippen molar-refractivity contribution in [1.29, 1.82) is 0 Å². The van der Waals surface area contributed by atoms with Crippen molar-refractivity contribution in [2.45, 2.75) is 32.6 Å². The van der Waals surface area contributed by atoms with Gasteiger partial charge in [0.15, 0.2) is 0 Å². The van der Waals surface area contributed by atoms with Gasteiger partial charge in [0, 0.05) is 5.56 Å². The van der Waals surface area contributed by atoms with Crippen LogP contribution in [0.15, 0.2) is 66.8 Å². The van der Waals surface area contributed by atoms with Gasteiger partial charge in [0.2, 0.25) is 0 Å². The highest BCUT2D eigenvalue weighted by Crippen LogP contribution is 2.35. The molecule has 0 saturated carbocycles. The molecule has 2 aromatic rings. The van der Waals surface area contributed by atoms with Gasteiger partial charge in [-0.1, -0.05) is 60.1 Å². The van der Waals surface area contributed by atoms with Crippen molar-refractivity contribution in [1.82, 2.24) is 0 Å². The van der Waals surface area contributed by atoms with Crippen LogP contribution in [0, 0.1) is 12.3 Å². The average Bonchev–Trinajstić information content (AvgIpc) is 3.31. The van der Waals surface area contributed by atoms with Crippen LogP contribution in [0.3, 0.4) is 0 Å². The smallest absolute Gasteiger partial charge is 0.0280 e. The molecule has 0 saturated heterocycles. The molecule has 0 aromatic heterocycles. The third-order valence-electron chi connectivity index (χ3n) is 5.48. The maximum absolute atomic E-state index is 5.76. The van der Waals surface area contributed by atoms with Crippen LogP contribution in [0.1, 0.15) is 53.1 Å². The Labute approximate surface area is 162 Å². The van der Waals surface area contributed by atoms with Crippen LogP contribution in [0.4, 0.5) is 0 Å². The second kappa shape index (κ2) is 7.29. The number of rotatable bonds is 5. The topological polar surface area (TPSA) is 0 Å². The van der Waals surface area contributed by atoms with Crippen molar-refractivity contribution in [3.8, 4) is 12.3 Å². The molecule has 0 bridgehead atoms. The van der Waals surface area contributed by atoms with Crippen molar-refractivity contribution < 1.29 is 0 Å². The van der Waals surface area contributed by atoms with Crippen molar-refractivity contribution in [3.63, 3.8) is 0 Å². The number of hydrogen-bond acceptors (Lipinski definition) is 0. The predicted molar refractivity (Wildman–Crippen MR) is 117 cm³/mol. The Bertz CT molecular complexity index is 1050. The van der Waals surface area contributed by atoms with Gasteiger partial charge >= 0.3 is 0 Å². The number of allylic oxidation sites excluding steroid dienone is 6. The summed E-state index contributed by atoms with van der Waals surface area (Å²) < 4.78 is 0. The van der Waals surface area contributed by atoms with Crippen molar-refractivity contribution in [2.75, 3.05) is 0 Å². The Morgan fingerprint density at radius 1 is 1.11 bits per heavy atom. The molecule has 0 fully saturated rings. The van der Waals surface area contributed by atoms with E-state index in [0.717, 1.165) is 31.2 Å². The summed E-state index contributed by atoms with van der Waals surface area (Å²) in [6.45, 7) is 6.01. The quantitative estimate of drug-likeness (QED) is 0.421. The second-order valence-corrected chi connectivity index (χ2v) is 7.46. The molecule has 0 spiro atoms. The molecule has 0 unspecified atom stereocenters. The van der Waals surface area contributed by atoms with E-state index in [1.807, 2.05) is 6.08 Å². The molecule has 0 heteroatoms. The molecule has 4 rings (SSSR count). The first kappa shape index (κ1) is 17.4. The van der Waals surface area contributed by atoms with Crippen molar-refractivity contribution in [3.05, 3.63) is 100 Å². The second-order valence-electron chi connectivity index (χ2n) is 7.46. The summed E-state index contributed by atoms with van der Waals surface area (Å²) in [5.74, 6) is 2.86. The minimum absolute atomic E-state index is 0.952. The van der Waals surface area contributed by atoms with Crippen LogP contribution in [-0.2, 0) is 12.8 Å². The number of terminal acetylenes is 1. The van der Waals surface area contributed by atoms with E-state index in [4.69, 9.17) is 6.42 Å². The molecule has 0 heterocycles. The molecule has 0 nitrogen and oxygen atoms in total. The van der Waals surface area contributed by atoms with E-state index in [1.54, 1.807) is 0 Å². The van der Waals surface area contributed by atoms with Gasteiger partial charge in [-0.2, -0.15) is 0 Å². The lowest BCUT2D eigenvalue weighted by Crippen LogP contribution is -1.92. The molecular weight excluding hydrogens is 324 g/mol. The highest BCUT2D eigenvalue weighted by Gasteiger charge is 2.15. The Hall–Kier alpha value is -3.04. The fourth-order valence-corrected chi connectivity index (χ4v) is 4.00. The molecule has 0 radical (unpaired) electrons. The predicted octanol–water partition coefficient (Wildman–Crippen LogP) is 6.62. The van der Waals surface area contributed by atoms with Gasteiger partial charge in [-0.05, 0) is 83.7 Å². The SMILES string of the molecule is C#Cc1cc(C2=CC(c3ccc4c(c3)C=C(C)C4)=CC2)ccc1CCC=C. The Kier molecular flexibility index (Phi) is 4.69. The molecule has 0 aliphatic heterocycles. The average molecular weight is 348 g/mol. The van der Waals surface area contributed by atoms with Crippen LogP contribution in [-0.4, -0.2) is 0 Å². The minimum atomic E-state index is 0.952. The highest BCUT2D eigenvalue weighted by atomic mass is 14.2. The number of aryl methyl sites for hydroxylation is 1. The summed E-state index contributed by atoms with van der Waals surface area (Å²) >= 11 is 0. The number of hydrogen-bond donors (Lipinski definition) is 0. The maximum atomic E-state index is 5.76. The van der Waals surface area contributed by atoms with E-state index in [9.17, 15) is 0 Å². The molecule has 0 atom stereocenters. The summed E-state index contributed by atoms with van der Waals surface area (Å²) in [4.78, 5) is 0. The van der Waals surface area contributed by atoms with Crippen LogP contribution in [0.25, 0.3) is 17.2 Å². The first-order chi connectivity index (χ1) is 13.2. The molecular formula is C27H24. The lowest BCUT2D eigenvalue weighted by atomic mass is 9.96. The van der Waals surface area contributed by atoms with Gasteiger partial charge < -0.3 is 0 Å². The molecule has 2 aliphatic carbocycles. The van der Waals surface area contributed by atoms with Gasteiger partial charge in [0.25, 0.3) is 0 Å². The lowest BCUT2D eigenvalue weighted by Gasteiger charge is -2.08. The first-order valence-electron chi connectivity index (χ1n) is 9.60. The van der Waals surface area contributed by atoms with E-state index < -0.39 is 0 Å². The van der Waals surface area contributed by atoms with E-state index in [0.29, 0.717) is 0 Å². The fourth-order valence-electron chi connectivity index (χ4n) is 4.00. The van der Waals surface area contributed by atoms with Crippen LogP contribution in [0.2, 0.25) is 0 Å². The highest BCUT2D eigenvalue weighted by molar-refractivity contribution is 5.90. The largest absolute Gasteiger partial charge is 0.115 e. The van der Waals surface area contributed by atoms with Gasteiger partial charge in [-0.15, -0.1) is 13.0 Å². The zero-order chi connectivity index (χ0) is 18.8. The standard InChI is InChI=1S/C27H24/c1-4-6-7-21-8-9-23(16-20(21)5-2)24-12-13-25(17-24)26-11-10-22-14-19(3)15-27(22)18-26/h2,4,8-11,13,15-18H,1,6-7,12,14H2,3H3. The molecule has 0 N–H and O–H groups in total. The summed E-state index contributed by atoms with van der Waals surface area (Å²) in [5.41, 5.74) is 11.7. The summed E-state index contributed by atoms with van der Waals surface area (Å²) in [7, 11) is 0. The molecule has 2 aliphatic rings. The third kappa shape index (κ3) is 3.46. The first-order valence-corrected chi connectivity index (χ1v) is 9.60. The van der Waals surface area contributed by atoms with E-state index in [2.05, 4.69) is 74.0 Å². The van der Waals surface area contributed by atoms with Crippen LogP contribution in [0.5, 0.6) is 0 Å². The fraction of sp³-hybridized carbons (Fsp3) is 0.185. The zero-order valence-corrected chi connectivity index (χ0v) is 15.9.